The molecule has 0 N–H and O–H groups in total. The maximum absolute atomic E-state index is 12.7. The molecular weight excluding hydrogens is 338 g/mol. The Kier molecular flexibility index (Phi) is 6.61. The monoisotopic (exact) mass is 361 g/mol. The lowest BCUT2D eigenvalue weighted by Gasteiger charge is -2.18. The van der Waals surface area contributed by atoms with E-state index < -0.39 is 10.0 Å². The molecule has 0 spiro atoms. The van der Waals surface area contributed by atoms with Gasteiger partial charge in [0.15, 0.2) is 0 Å². The van der Waals surface area contributed by atoms with Crippen molar-refractivity contribution in [1.29, 1.82) is 0 Å². The Morgan fingerprint density at radius 2 is 1.80 bits per heavy atom. The fraction of sp³-hybridized carbons (Fsp3) is 0.263. The molecule has 0 aliphatic heterocycles. The molecule has 0 saturated heterocycles. The summed E-state index contributed by atoms with van der Waals surface area (Å²) in [4.78, 5) is 0.234. The van der Waals surface area contributed by atoms with Crippen LogP contribution in [0.5, 0.6) is 11.5 Å². The SMILES string of the molecule is C=CCOc1cccc(CN(C)S(=O)(=O)c2ccc(OCC)cc2)c1. The third-order valence-electron chi connectivity index (χ3n) is 3.51. The number of sulfonamides is 1. The van der Waals surface area contributed by atoms with Crippen LogP contribution < -0.4 is 9.47 Å². The van der Waals surface area contributed by atoms with Gasteiger partial charge < -0.3 is 9.47 Å². The molecule has 0 aliphatic rings. The van der Waals surface area contributed by atoms with Crippen molar-refractivity contribution in [2.24, 2.45) is 0 Å². The summed E-state index contributed by atoms with van der Waals surface area (Å²) in [5.41, 5.74) is 0.846. The number of hydrogen-bond donors (Lipinski definition) is 0. The van der Waals surface area contributed by atoms with Gasteiger partial charge >= 0.3 is 0 Å². The van der Waals surface area contributed by atoms with E-state index in [4.69, 9.17) is 9.47 Å². The number of hydrogen-bond acceptors (Lipinski definition) is 4. The van der Waals surface area contributed by atoms with E-state index in [9.17, 15) is 8.42 Å². The second-order valence-corrected chi connectivity index (χ2v) is 7.46. The van der Waals surface area contributed by atoms with E-state index in [-0.39, 0.29) is 11.4 Å². The zero-order valence-electron chi connectivity index (χ0n) is 14.5. The molecule has 0 unspecified atom stereocenters. The molecular formula is C19H23NO4S. The Morgan fingerprint density at radius 3 is 2.44 bits per heavy atom. The highest BCUT2D eigenvalue weighted by Gasteiger charge is 2.21. The summed E-state index contributed by atoms with van der Waals surface area (Å²) in [5.74, 6) is 1.33. The van der Waals surface area contributed by atoms with Crippen LogP contribution in [0.3, 0.4) is 0 Å². The van der Waals surface area contributed by atoms with Gasteiger partial charge in [0.05, 0.1) is 11.5 Å². The van der Waals surface area contributed by atoms with Crippen LogP contribution in [-0.4, -0.2) is 33.0 Å². The van der Waals surface area contributed by atoms with Crippen LogP contribution in [0.2, 0.25) is 0 Å². The Bertz CT molecular complexity index is 800. The zero-order chi connectivity index (χ0) is 18.3. The van der Waals surface area contributed by atoms with Gasteiger partial charge in [-0.2, -0.15) is 4.31 Å². The van der Waals surface area contributed by atoms with E-state index >= 15 is 0 Å². The van der Waals surface area contributed by atoms with Crippen LogP contribution in [0.25, 0.3) is 0 Å². The molecule has 2 aromatic carbocycles. The summed E-state index contributed by atoms with van der Waals surface area (Å²) in [6.45, 7) is 6.68. The number of rotatable bonds is 9. The van der Waals surface area contributed by atoms with E-state index in [2.05, 4.69) is 6.58 Å². The number of ether oxygens (including phenoxy) is 2. The molecule has 25 heavy (non-hydrogen) atoms. The minimum Gasteiger partial charge on any atom is -0.494 e. The van der Waals surface area contributed by atoms with Crippen molar-refractivity contribution in [1.82, 2.24) is 4.31 Å². The summed E-state index contributed by atoms with van der Waals surface area (Å²) in [7, 11) is -2.02. The topological polar surface area (TPSA) is 55.8 Å². The molecule has 0 atom stereocenters. The summed E-state index contributed by atoms with van der Waals surface area (Å²) in [6.07, 6.45) is 1.66. The molecule has 0 radical (unpaired) electrons. The Balaban J connectivity index is 2.13. The molecule has 0 aromatic heterocycles. The summed E-state index contributed by atoms with van der Waals surface area (Å²) < 4.78 is 37.6. The second-order valence-electron chi connectivity index (χ2n) is 5.41. The van der Waals surface area contributed by atoms with Gasteiger partial charge in [0.1, 0.15) is 18.1 Å². The minimum absolute atomic E-state index is 0.234. The van der Waals surface area contributed by atoms with Gasteiger partial charge in [-0.25, -0.2) is 8.42 Å². The molecule has 0 aliphatic carbocycles. The quantitative estimate of drug-likeness (QED) is 0.642. The van der Waals surface area contributed by atoms with Crippen LogP contribution in [0.15, 0.2) is 66.1 Å². The Hall–Kier alpha value is -2.31. The average molecular weight is 361 g/mol. The molecule has 0 saturated carbocycles. The first-order valence-electron chi connectivity index (χ1n) is 7.99. The first-order valence-corrected chi connectivity index (χ1v) is 9.43. The van der Waals surface area contributed by atoms with Gasteiger partial charge in [-0.15, -0.1) is 0 Å². The van der Waals surface area contributed by atoms with E-state index in [1.807, 2.05) is 31.2 Å². The standard InChI is InChI=1S/C19H23NO4S/c1-4-13-24-18-8-6-7-16(14-18)15-20(3)25(21,22)19-11-9-17(10-12-19)23-5-2/h4,6-12,14H,1,5,13,15H2,2-3H3. The van der Waals surface area contributed by atoms with Gasteiger partial charge in [0, 0.05) is 13.6 Å². The fourth-order valence-corrected chi connectivity index (χ4v) is 3.44. The average Bonchev–Trinajstić information content (AvgIpc) is 2.61. The molecule has 0 amide bonds. The summed E-state index contributed by atoms with van der Waals surface area (Å²) >= 11 is 0. The minimum atomic E-state index is -3.58. The molecule has 5 nitrogen and oxygen atoms in total. The van der Waals surface area contributed by atoms with E-state index in [0.717, 1.165) is 5.56 Å². The normalized spacial score (nSPS) is 11.3. The second kappa shape index (κ2) is 8.69. The van der Waals surface area contributed by atoms with Gasteiger partial charge in [-0.05, 0) is 48.9 Å². The summed E-state index contributed by atoms with van der Waals surface area (Å²) in [5, 5.41) is 0. The largest absolute Gasteiger partial charge is 0.494 e. The highest BCUT2D eigenvalue weighted by molar-refractivity contribution is 7.89. The lowest BCUT2D eigenvalue weighted by molar-refractivity contribution is 0.340. The lowest BCUT2D eigenvalue weighted by Crippen LogP contribution is -2.26. The first-order chi connectivity index (χ1) is 12.0. The molecule has 134 valence electrons. The van der Waals surface area contributed by atoms with Crippen molar-refractivity contribution in [2.75, 3.05) is 20.3 Å². The third-order valence-corrected chi connectivity index (χ3v) is 5.33. The highest BCUT2D eigenvalue weighted by atomic mass is 32.2. The number of nitrogens with zero attached hydrogens (tertiary/aromatic N) is 1. The van der Waals surface area contributed by atoms with Crippen molar-refractivity contribution in [3.8, 4) is 11.5 Å². The molecule has 0 fully saturated rings. The van der Waals surface area contributed by atoms with Crippen LogP contribution in [0.1, 0.15) is 12.5 Å². The predicted octanol–water partition coefficient (Wildman–Crippen LogP) is 3.47. The van der Waals surface area contributed by atoms with E-state index in [1.165, 1.54) is 4.31 Å². The van der Waals surface area contributed by atoms with Crippen molar-refractivity contribution >= 4 is 10.0 Å². The van der Waals surface area contributed by atoms with Gasteiger partial charge in [-0.1, -0.05) is 24.8 Å². The van der Waals surface area contributed by atoms with Crippen molar-refractivity contribution in [2.45, 2.75) is 18.4 Å². The van der Waals surface area contributed by atoms with Gasteiger partial charge in [-0.3, -0.25) is 0 Å². The maximum atomic E-state index is 12.7. The predicted molar refractivity (Wildman–Crippen MR) is 98.4 cm³/mol. The smallest absolute Gasteiger partial charge is 0.243 e. The van der Waals surface area contributed by atoms with E-state index in [1.54, 1.807) is 37.4 Å². The maximum Gasteiger partial charge on any atom is 0.243 e. The molecule has 2 rings (SSSR count). The third kappa shape index (κ3) is 5.08. The number of benzene rings is 2. The summed E-state index contributed by atoms with van der Waals surface area (Å²) in [6, 6.07) is 13.8. The van der Waals surface area contributed by atoms with Crippen LogP contribution in [-0.2, 0) is 16.6 Å². The van der Waals surface area contributed by atoms with Crippen molar-refractivity contribution < 1.29 is 17.9 Å². The molecule has 0 bridgehead atoms. The van der Waals surface area contributed by atoms with Crippen molar-refractivity contribution in [3.05, 3.63) is 66.7 Å². The Labute approximate surface area is 149 Å². The molecule has 2 aromatic rings. The van der Waals surface area contributed by atoms with Crippen LogP contribution >= 0.6 is 0 Å². The van der Waals surface area contributed by atoms with E-state index in [0.29, 0.717) is 24.7 Å². The lowest BCUT2D eigenvalue weighted by atomic mass is 10.2. The highest BCUT2D eigenvalue weighted by Crippen LogP contribution is 2.21. The molecule has 6 heteroatoms. The first kappa shape index (κ1) is 19.0. The van der Waals surface area contributed by atoms with Gasteiger partial charge in [0.25, 0.3) is 0 Å². The van der Waals surface area contributed by atoms with Crippen molar-refractivity contribution in [3.63, 3.8) is 0 Å². The zero-order valence-corrected chi connectivity index (χ0v) is 15.3. The van der Waals surface area contributed by atoms with Crippen LogP contribution in [0, 0.1) is 0 Å². The Morgan fingerprint density at radius 1 is 1.08 bits per heavy atom. The fourth-order valence-electron chi connectivity index (χ4n) is 2.29. The van der Waals surface area contributed by atoms with Gasteiger partial charge in [0.2, 0.25) is 10.0 Å². The van der Waals surface area contributed by atoms with Crippen LogP contribution in [0.4, 0.5) is 0 Å². The molecule has 0 heterocycles.